The van der Waals surface area contributed by atoms with Crippen molar-refractivity contribution in [3.63, 3.8) is 0 Å². The topological polar surface area (TPSA) is 23.8 Å². The lowest BCUT2D eigenvalue weighted by Gasteiger charge is -2.01. The third-order valence-corrected chi connectivity index (χ3v) is 4.77. The molecule has 0 heterocycles. The Kier molecular flexibility index (Phi) is 5.82. The summed E-state index contributed by atoms with van der Waals surface area (Å²) in [4.78, 5) is 0. The number of benzene rings is 3. The third kappa shape index (κ3) is 4.47. The van der Waals surface area contributed by atoms with Crippen LogP contribution < -0.4 is 0 Å². The lowest BCUT2D eigenvalue weighted by molar-refractivity contribution is 1.25. The van der Waals surface area contributed by atoms with Crippen molar-refractivity contribution in [1.29, 1.82) is 5.26 Å². The highest BCUT2D eigenvalue weighted by Gasteiger charge is 2.09. The molecule has 0 unspecified atom stereocenters. The van der Waals surface area contributed by atoms with Crippen LogP contribution in [0.3, 0.4) is 0 Å². The van der Waals surface area contributed by atoms with Crippen LogP contribution in [0.5, 0.6) is 0 Å². The van der Waals surface area contributed by atoms with E-state index in [1.165, 1.54) is 27.8 Å². The number of nitrogens with zero attached hydrogens (tertiary/aromatic N) is 1. The Morgan fingerprint density at radius 1 is 0.800 bits per heavy atom. The first-order valence-corrected chi connectivity index (χ1v) is 9.31. The predicted molar refractivity (Wildman–Crippen MR) is 108 cm³/mol. The Labute approximate surface area is 157 Å². The van der Waals surface area contributed by atoms with E-state index >= 15 is 0 Å². The highest BCUT2D eigenvalue weighted by molar-refractivity contribution is 9.08. The molecule has 3 aromatic carbocycles. The van der Waals surface area contributed by atoms with E-state index in [4.69, 9.17) is 5.26 Å². The summed E-state index contributed by atoms with van der Waals surface area (Å²) in [5, 5.41) is 9.54. The summed E-state index contributed by atoms with van der Waals surface area (Å²) in [6.07, 6.45) is 2.77. The van der Waals surface area contributed by atoms with Gasteiger partial charge in [-0.3, -0.25) is 0 Å². The van der Waals surface area contributed by atoms with Crippen LogP contribution in [-0.2, 0) is 11.8 Å². The maximum Gasteiger partial charge on any atom is 0.0950 e. The van der Waals surface area contributed by atoms with Crippen LogP contribution in [0.4, 0.5) is 0 Å². The minimum absolute atomic E-state index is 0.812. The molecule has 1 aliphatic rings. The number of halogens is 1. The number of nitriles is 1. The first-order chi connectivity index (χ1) is 12.3. The average Bonchev–Trinajstić information content (AvgIpc) is 3.13. The smallest absolute Gasteiger partial charge is 0.0950 e. The number of rotatable bonds is 2. The van der Waals surface area contributed by atoms with Crippen molar-refractivity contribution in [3.8, 4) is 17.2 Å². The largest absolute Gasteiger partial charge is 0.193 e. The molecule has 4 rings (SSSR count). The molecular formula is C23H18BrN. The number of hydrogen-bond acceptors (Lipinski definition) is 1. The summed E-state index contributed by atoms with van der Waals surface area (Å²) >= 11 is 3.44. The van der Waals surface area contributed by atoms with Crippen LogP contribution in [0.25, 0.3) is 17.2 Å². The second-order valence-electron chi connectivity index (χ2n) is 5.85. The maximum absolute atomic E-state index is 8.62. The molecule has 0 aromatic heterocycles. The lowest BCUT2D eigenvalue weighted by Crippen LogP contribution is -1.80. The van der Waals surface area contributed by atoms with Gasteiger partial charge in [0.15, 0.2) is 0 Å². The zero-order chi connectivity index (χ0) is 17.5. The van der Waals surface area contributed by atoms with Crippen molar-refractivity contribution >= 4 is 22.0 Å². The molecule has 1 nitrogen and oxygen atoms in total. The van der Waals surface area contributed by atoms with Crippen molar-refractivity contribution in [3.05, 3.63) is 101 Å². The molecule has 0 saturated heterocycles. The molecule has 0 bridgehead atoms. The van der Waals surface area contributed by atoms with Gasteiger partial charge < -0.3 is 0 Å². The first-order valence-electron chi connectivity index (χ1n) is 8.19. The summed E-state index contributed by atoms with van der Waals surface area (Å²) in [5.41, 5.74) is 7.19. The van der Waals surface area contributed by atoms with Crippen molar-refractivity contribution in [2.24, 2.45) is 0 Å². The molecule has 0 aliphatic heterocycles. The third-order valence-electron chi connectivity index (χ3n) is 4.12. The van der Waals surface area contributed by atoms with E-state index in [2.05, 4.69) is 76.6 Å². The zero-order valence-electron chi connectivity index (χ0n) is 13.8. The summed E-state index contributed by atoms with van der Waals surface area (Å²) in [7, 11) is 0. The molecule has 25 heavy (non-hydrogen) atoms. The van der Waals surface area contributed by atoms with Gasteiger partial charge in [0, 0.05) is 17.3 Å². The monoisotopic (exact) mass is 387 g/mol. The Balaban J connectivity index is 0.000000150. The molecule has 0 radical (unpaired) electrons. The minimum Gasteiger partial charge on any atom is -0.193 e. The highest BCUT2D eigenvalue weighted by Crippen LogP contribution is 2.23. The SMILES string of the molecule is BrCc1ccc(-c2ccccc2)cc1.N#CC1=Cc2ccccc2C1. The van der Waals surface area contributed by atoms with E-state index in [0.717, 1.165) is 17.3 Å². The van der Waals surface area contributed by atoms with Crippen molar-refractivity contribution < 1.29 is 0 Å². The van der Waals surface area contributed by atoms with Gasteiger partial charge in [-0.15, -0.1) is 0 Å². The van der Waals surface area contributed by atoms with Gasteiger partial charge in [-0.05, 0) is 33.9 Å². The van der Waals surface area contributed by atoms with Crippen LogP contribution in [0.15, 0.2) is 84.4 Å². The van der Waals surface area contributed by atoms with Crippen LogP contribution >= 0.6 is 15.9 Å². The molecule has 0 amide bonds. The van der Waals surface area contributed by atoms with Crippen molar-refractivity contribution in [2.75, 3.05) is 0 Å². The van der Waals surface area contributed by atoms with Gasteiger partial charge in [-0.2, -0.15) is 5.26 Å². The number of alkyl halides is 1. The van der Waals surface area contributed by atoms with E-state index < -0.39 is 0 Å². The minimum atomic E-state index is 0.812. The summed E-state index contributed by atoms with van der Waals surface area (Å²) in [6, 6.07) is 29.3. The van der Waals surface area contributed by atoms with Crippen LogP contribution in [-0.4, -0.2) is 0 Å². The fourth-order valence-electron chi connectivity index (χ4n) is 2.77. The molecule has 0 saturated carbocycles. The quantitative estimate of drug-likeness (QED) is 0.466. The number of fused-ring (bicyclic) bond motifs is 1. The average molecular weight is 388 g/mol. The van der Waals surface area contributed by atoms with E-state index in [-0.39, 0.29) is 0 Å². The molecule has 0 fully saturated rings. The van der Waals surface area contributed by atoms with Gasteiger partial charge in [0.25, 0.3) is 0 Å². The highest BCUT2D eigenvalue weighted by atomic mass is 79.9. The normalized spacial score (nSPS) is 11.6. The van der Waals surface area contributed by atoms with Crippen molar-refractivity contribution in [2.45, 2.75) is 11.8 Å². The van der Waals surface area contributed by atoms with E-state index in [0.29, 0.717) is 0 Å². The van der Waals surface area contributed by atoms with Gasteiger partial charge >= 0.3 is 0 Å². The molecule has 0 atom stereocenters. The Bertz CT molecular complexity index is 903. The van der Waals surface area contributed by atoms with Gasteiger partial charge in [-0.1, -0.05) is 94.8 Å². The Morgan fingerprint density at radius 2 is 1.44 bits per heavy atom. The standard InChI is InChI=1S/C13H11Br.C10H7N/c14-10-11-6-8-13(9-7-11)12-4-2-1-3-5-12;11-7-8-5-9-3-1-2-4-10(9)6-8/h1-9H,10H2;1-5H,6H2. The first kappa shape index (κ1) is 17.2. The van der Waals surface area contributed by atoms with Crippen molar-refractivity contribution in [1.82, 2.24) is 0 Å². The second-order valence-corrected chi connectivity index (χ2v) is 6.41. The second kappa shape index (κ2) is 8.46. The van der Waals surface area contributed by atoms with Crippen LogP contribution in [0.2, 0.25) is 0 Å². The number of hydrogen-bond donors (Lipinski definition) is 0. The van der Waals surface area contributed by atoms with Gasteiger partial charge in [0.1, 0.15) is 0 Å². The molecule has 2 heteroatoms. The number of allylic oxidation sites excluding steroid dienone is 1. The Morgan fingerprint density at radius 3 is 2.08 bits per heavy atom. The van der Waals surface area contributed by atoms with E-state index in [1.54, 1.807) is 0 Å². The lowest BCUT2D eigenvalue weighted by atomic mass is 10.0. The molecular weight excluding hydrogens is 370 g/mol. The zero-order valence-corrected chi connectivity index (χ0v) is 15.4. The van der Waals surface area contributed by atoms with Crippen LogP contribution in [0, 0.1) is 11.3 Å². The summed E-state index contributed by atoms with van der Waals surface area (Å²) in [6.45, 7) is 0. The molecule has 1 aliphatic carbocycles. The Hall–Kier alpha value is -2.63. The molecule has 122 valence electrons. The van der Waals surface area contributed by atoms with Crippen LogP contribution in [0.1, 0.15) is 16.7 Å². The van der Waals surface area contributed by atoms with Gasteiger partial charge in [-0.25, -0.2) is 0 Å². The maximum atomic E-state index is 8.62. The van der Waals surface area contributed by atoms with Gasteiger partial charge in [0.2, 0.25) is 0 Å². The molecule has 3 aromatic rings. The van der Waals surface area contributed by atoms with Gasteiger partial charge in [0.05, 0.1) is 6.07 Å². The molecule has 0 spiro atoms. The summed E-state index contributed by atoms with van der Waals surface area (Å²) in [5.74, 6) is 0. The molecule has 0 N–H and O–H groups in total. The summed E-state index contributed by atoms with van der Waals surface area (Å²) < 4.78 is 0. The predicted octanol–water partition coefficient (Wildman–Crippen LogP) is 6.40. The fraction of sp³-hybridized carbons (Fsp3) is 0.0870. The van der Waals surface area contributed by atoms with E-state index in [9.17, 15) is 0 Å². The van der Waals surface area contributed by atoms with E-state index in [1.807, 2.05) is 30.3 Å². The fourth-order valence-corrected chi connectivity index (χ4v) is 3.14.